The maximum absolute atomic E-state index is 9.66. The van der Waals surface area contributed by atoms with Crippen molar-refractivity contribution in [1.82, 2.24) is 5.43 Å². The van der Waals surface area contributed by atoms with Crippen LogP contribution in [0.2, 0.25) is 5.02 Å². The second kappa shape index (κ2) is 7.40. The van der Waals surface area contributed by atoms with Gasteiger partial charge in [-0.15, -0.1) is 0 Å². The first-order valence-corrected chi connectivity index (χ1v) is 7.46. The van der Waals surface area contributed by atoms with Gasteiger partial charge in [0, 0.05) is 20.7 Å². The Balaban J connectivity index is 1.94. The van der Waals surface area contributed by atoms with Gasteiger partial charge < -0.3 is 10.4 Å². The van der Waals surface area contributed by atoms with E-state index in [0.717, 1.165) is 10.2 Å². The van der Waals surface area contributed by atoms with Crippen LogP contribution in [0.1, 0.15) is 5.56 Å². The third-order valence-corrected chi connectivity index (χ3v) is 3.36. The highest BCUT2D eigenvalue weighted by Gasteiger charge is 1.99. The normalized spacial score (nSPS) is 10.6. The Kier molecular flexibility index (Phi) is 5.55. The SMILES string of the molecule is Oc1ccc(Br)cc1C=NNC(=S)Nc1cccc(Cl)c1. The van der Waals surface area contributed by atoms with Crippen LogP contribution in [0.15, 0.2) is 52.0 Å². The number of nitrogens with one attached hydrogen (secondary N) is 2. The molecule has 0 unspecified atom stereocenters. The molecule has 0 atom stereocenters. The molecule has 0 aliphatic carbocycles. The molecular weight excluding hydrogens is 374 g/mol. The van der Waals surface area contributed by atoms with Crippen LogP contribution >= 0.6 is 39.7 Å². The van der Waals surface area contributed by atoms with Crippen molar-refractivity contribution < 1.29 is 5.11 Å². The van der Waals surface area contributed by atoms with E-state index in [2.05, 4.69) is 31.8 Å². The number of hydrogen-bond acceptors (Lipinski definition) is 3. The van der Waals surface area contributed by atoms with Crippen LogP contribution < -0.4 is 10.7 Å². The Bertz CT molecular complexity index is 694. The molecular formula is C14H11BrClN3OS. The lowest BCUT2D eigenvalue weighted by Crippen LogP contribution is -2.23. The molecule has 2 rings (SSSR count). The first-order chi connectivity index (χ1) is 10.0. The maximum Gasteiger partial charge on any atom is 0.191 e. The van der Waals surface area contributed by atoms with Gasteiger partial charge in [-0.1, -0.05) is 33.6 Å². The molecule has 4 nitrogen and oxygen atoms in total. The van der Waals surface area contributed by atoms with Gasteiger partial charge in [-0.3, -0.25) is 5.43 Å². The van der Waals surface area contributed by atoms with E-state index in [4.69, 9.17) is 23.8 Å². The number of phenols is 1. The second-order valence-corrected chi connectivity index (χ2v) is 5.80. The highest BCUT2D eigenvalue weighted by atomic mass is 79.9. The first-order valence-electron chi connectivity index (χ1n) is 5.89. The van der Waals surface area contributed by atoms with E-state index in [-0.39, 0.29) is 5.75 Å². The van der Waals surface area contributed by atoms with E-state index in [1.807, 2.05) is 12.1 Å². The lowest BCUT2D eigenvalue weighted by molar-refractivity contribution is 0.474. The predicted octanol–water partition coefficient (Wildman–Crippen LogP) is 4.13. The van der Waals surface area contributed by atoms with Gasteiger partial charge in [0.05, 0.1) is 6.21 Å². The van der Waals surface area contributed by atoms with E-state index in [1.165, 1.54) is 6.21 Å². The average Bonchev–Trinajstić information content (AvgIpc) is 2.42. The fourth-order valence-electron chi connectivity index (χ4n) is 1.51. The number of hydrazone groups is 1. The number of benzene rings is 2. The van der Waals surface area contributed by atoms with E-state index >= 15 is 0 Å². The minimum absolute atomic E-state index is 0.137. The van der Waals surface area contributed by atoms with Gasteiger partial charge in [0.25, 0.3) is 0 Å². The summed E-state index contributed by atoms with van der Waals surface area (Å²) < 4.78 is 0.848. The highest BCUT2D eigenvalue weighted by Crippen LogP contribution is 2.20. The predicted molar refractivity (Wildman–Crippen MR) is 94.2 cm³/mol. The molecule has 0 saturated carbocycles. The van der Waals surface area contributed by atoms with E-state index in [0.29, 0.717) is 15.7 Å². The third kappa shape index (κ3) is 5.00. The van der Waals surface area contributed by atoms with Crippen LogP contribution in [0, 0.1) is 0 Å². The molecule has 0 aliphatic rings. The zero-order valence-electron chi connectivity index (χ0n) is 10.7. The van der Waals surface area contributed by atoms with Gasteiger partial charge in [0.2, 0.25) is 0 Å². The molecule has 108 valence electrons. The second-order valence-electron chi connectivity index (χ2n) is 4.04. The molecule has 2 aromatic carbocycles. The largest absolute Gasteiger partial charge is 0.507 e. The summed E-state index contributed by atoms with van der Waals surface area (Å²) >= 11 is 14.3. The zero-order valence-corrected chi connectivity index (χ0v) is 13.8. The Morgan fingerprint density at radius 3 is 2.86 bits per heavy atom. The Morgan fingerprint density at radius 1 is 1.29 bits per heavy atom. The van der Waals surface area contributed by atoms with Crippen molar-refractivity contribution in [3.8, 4) is 5.75 Å². The van der Waals surface area contributed by atoms with Crippen molar-refractivity contribution in [2.45, 2.75) is 0 Å². The number of hydrogen-bond donors (Lipinski definition) is 3. The Labute approximate surface area is 141 Å². The summed E-state index contributed by atoms with van der Waals surface area (Å²) in [6.07, 6.45) is 1.48. The fourth-order valence-corrected chi connectivity index (χ4v) is 2.25. The van der Waals surface area contributed by atoms with Gasteiger partial charge in [0.15, 0.2) is 5.11 Å². The van der Waals surface area contributed by atoms with Gasteiger partial charge in [0.1, 0.15) is 5.75 Å². The topological polar surface area (TPSA) is 56.7 Å². The van der Waals surface area contributed by atoms with E-state index in [1.54, 1.807) is 30.3 Å². The quantitative estimate of drug-likeness (QED) is 0.423. The third-order valence-electron chi connectivity index (χ3n) is 2.44. The van der Waals surface area contributed by atoms with Crippen molar-refractivity contribution in [3.05, 3.63) is 57.5 Å². The summed E-state index contributed by atoms with van der Waals surface area (Å²) in [6, 6.07) is 12.2. The lowest BCUT2D eigenvalue weighted by Gasteiger charge is -2.07. The maximum atomic E-state index is 9.66. The number of phenolic OH excluding ortho intramolecular Hbond substituents is 1. The standard InChI is InChI=1S/C14H11BrClN3OS/c15-10-4-5-13(20)9(6-10)8-17-19-14(21)18-12-3-1-2-11(16)7-12/h1-8,20H,(H2,18,19,21). The number of aromatic hydroxyl groups is 1. The first kappa shape index (κ1) is 15.8. The average molecular weight is 385 g/mol. The number of nitrogens with zero attached hydrogens (tertiary/aromatic N) is 1. The van der Waals surface area contributed by atoms with Crippen molar-refractivity contribution in [2.24, 2.45) is 5.10 Å². The number of anilines is 1. The Hall–Kier alpha value is -1.63. The fraction of sp³-hybridized carbons (Fsp3) is 0. The van der Waals surface area contributed by atoms with Crippen molar-refractivity contribution >= 4 is 56.8 Å². The van der Waals surface area contributed by atoms with Crippen LogP contribution in [0.25, 0.3) is 0 Å². The minimum atomic E-state index is 0.137. The van der Waals surface area contributed by atoms with Crippen LogP contribution in [-0.4, -0.2) is 16.4 Å². The molecule has 2 aromatic rings. The number of halogens is 2. The summed E-state index contributed by atoms with van der Waals surface area (Å²) in [5.41, 5.74) is 4.00. The summed E-state index contributed by atoms with van der Waals surface area (Å²) in [7, 11) is 0. The summed E-state index contributed by atoms with van der Waals surface area (Å²) in [5.74, 6) is 0.137. The van der Waals surface area contributed by atoms with Crippen LogP contribution in [0.3, 0.4) is 0 Å². The van der Waals surface area contributed by atoms with E-state index in [9.17, 15) is 5.11 Å². The van der Waals surface area contributed by atoms with Crippen molar-refractivity contribution in [3.63, 3.8) is 0 Å². The minimum Gasteiger partial charge on any atom is -0.507 e. The van der Waals surface area contributed by atoms with Crippen molar-refractivity contribution in [1.29, 1.82) is 0 Å². The highest BCUT2D eigenvalue weighted by molar-refractivity contribution is 9.10. The Morgan fingerprint density at radius 2 is 2.10 bits per heavy atom. The van der Waals surface area contributed by atoms with Crippen LogP contribution in [-0.2, 0) is 0 Å². The van der Waals surface area contributed by atoms with Gasteiger partial charge in [-0.25, -0.2) is 0 Å². The summed E-state index contributed by atoms with van der Waals surface area (Å²) in [5, 5.41) is 17.5. The molecule has 0 aliphatic heterocycles. The molecule has 3 N–H and O–H groups in total. The zero-order chi connectivity index (χ0) is 15.2. The molecule has 0 fully saturated rings. The molecule has 21 heavy (non-hydrogen) atoms. The molecule has 0 amide bonds. The van der Waals surface area contributed by atoms with Gasteiger partial charge >= 0.3 is 0 Å². The molecule has 0 aromatic heterocycles. The molecule has 0 heterocycles. The van der Waals surface area contributed by atoms with Crippen LogP contribution in [0.4, 0.5) is 5.69 Å². The summed E-state index contributed by atoms with van der Waals surface area (Å²) in [6.45, 7) is 0. The molecule has 0 radical (unpaired) electrons. The van der Waals surface area contributed by atoms with E-state index < -0.39 is 0 Å². The van der Waals surface area contributed by atoms with Gasteiger partial charge in [-0.05, 0) is 48.6 Å². The molecule has 0 bridgehead atoms. The molecule has 7 heteroatoms. The smallest absolute Gasteiger partial charge is 0.191 e. The number of rotatable bonds is 3. The van der Waals surface area contributed by atoms with Crippen LogP contribution in [0.5, 0.6) is 5.75 Å². The number of thiocarbonyl (C=S) groups is 1. The summed E-state index contributed by atoms with van der Waals surface area (Å²) in [4.78, 5) is 0. The monoisotopic (exact) mass is 383 g/mol. The molecule has 0 spiro atoms. The van der Waals surface area contributed by atoms with Gasteiger partial charge in [-0.2, -0.15) is 5.10 Å². The lowest BCUT2D eigenvalue weighted by atomic mass is 10.2. The molecule has 0 saturated heterocycles. The van der Waals surface area contributed by atoms with Crippen molar-refractivity contribution in [2.75, 3.05) is 5.32 Å².